The first kappa shape index (κ1) is 18.4. The molecule has 1 aliphatic rings. The van der Waals surface area contributed by atoms with E-state index in [2.05, 4.69) is 10.1 Å². The van der Waals surface area contributed by atoms with E-state index in [1.165, 1.54) is 10.8 Å². The molecule has 4 atom stereocenters. The minimum atomic E-state index is -1.29. The lowest BCUT2D eigenvalue weighted by molar-refractivity contribution is -0.104. The van der Waals surface area contributed by atoms with Gasteiger partial charge in [-0.3, -0.25) is 0 Å². The molecule has 1 aromatic carbocycles. The van der Waals surface area contributed by atoms with Crippen LogP contribution in [-0.2, 0) is 9.47 Å². The van der Waals surface area contributed by atoms with E-state index in [4.69, 9.17) is 15.2 Å². The van der Waals surface area contributed by atoms with Crippen molar-refractivity contribution in [2.24, 2.45) is 0 Å². The van der Waals surface area contributed by atoms with Gasteiger partial charge in [0.2, 0.25) is 0 Å². The zero-order chi connectivity index (χ0) is 19.9. The Morgan fingerprint density at radius 1 is 1.29 bits per heavy atom. The Hall–Kier alpha value is -3.01. The van der Waals surface area contributed by atoms with Crippen LogP contribution in [0.15, 0.2) is 48.8 Å². The summed E-state index contributed by atoms with van der Waals surface area (Å²) >= 11 is 0. The molecule has 0 spiro atoms. The van der Waals surface area contributed by atoms with Crippen molar-refractivity contribution in [3.05, 3.63) is 60.0 Å². The van der Waals surface area contributed by atoms with Crippen LogP contribution >= 0.6 is 0 Å². The molecular formula is C19H20N4O5. The maximum atomic E-state index is 12.2. The van der Waals surface area contributed by atoms with Gasteiger partial charge in [-0.05, 0) is 31.2 Å². The third-order valence-corrected chi connectivity index (χ3v) is 4.96. The summed E-state index contributed by atoms with van der Waals surface area (Å²) in [6.07, 6.45) is -2.10. The molecule has 2 aromatic heterocycles. The molecule has 1 aliphatic heterocycles. The third kappa shape index (κ3) is 2.99. The topological polar surface area (TPSA) is 132 Å². The van der Waals surface area contributed by atoms with Gasteiger partial charge in [0.15, 0.2) is 5.82 Å². The first-order chi connectivity index (χ1) is 13.4. The van der Waals surface area contributed by atoms with Crippen molar-refractivity contribution >= 4 is 17.3 Å². The molecule has 0 amide bonds. The fraction of sp³-hybridized carbons (Fsp3) is 0.316. The lowest BCUT2D eigenvalue weighted by atomic mass is 9.97. The van der Waals surface area contributed by atoms with Crippen LogP contribution in [0.25, 0.3) is 5.52 Å². The van der Waals surface area contributed by atoms with E-state index in [1.807, 2.05) is 0 Å². The number of aliphatic hydroxyl groups excluding tert-OH is 2. The second-order valence-corrected chi connectivity index (χ2v) is 6.93. The number of benzene rings is 1. The van der Waals surface area contributed by atoms with E-state index in [9.17, 15) is 15.0 Å². The molecule has 28 heavy (non-hydrogen) atoms. The first-order valence-corrected chi connectivity index (χ1v) is 8.75. The highest BCUT2D eigenvalue weighted by molar-refractivity contribution is 5.89. The standard InChI is InChI=1S/C19H20N4O5/c1-19(9-27-18(26)11-5-3-2-4-6-11)16(25)14(24)15(28-19)12-7-8-13-17(20)21-10-22-23(12)13/h2-8,10,14-16,24-25H,9H2,1H3,(H2,20,21,22)/t14-,15-,16-,19+/m0/s1. The van der Waals surface area contributed by atoms with Crippen LogP contribution in [0.2, 0.25) is 0 Å². The quantitative estimate of drug-likeness (QED) is 0.561. The number of aromatic nitrogens is 3. The van der Waals surface area contributed by atoms with Crippen LogP contribution in [0.1, 0.15) is 29.1 Å². The first-order valence-electron chi connectivity index (χ1n) is 8.75. The normalized spacial score (nSPS) is 27.2. The van der Waals surface area contributed by atoms with Crippen molar-refractivity contribution < 1.29 is 24.5 Å². The maximum absolute atomic E-state index is 12.2. The molecular weight excluding hydrogens is 364 g/mol. The number of anilines is 1. The Balaban J connectivity index is 1.55. The summed E-state index contributed by atoms with van der Waals surface area (Å²) in [7, 11) is 0. The van der Waals surface area contributed by atoms with Gasteiger partial charge in [-0.25, -0.2) is 14.3 Å². The summed E-state index contributed by atoms with van der Waals surface area (Å²) in [5, 5.41) is 25.3. The summed E-state index contributed by atoms with van der Waals surface area (Å²) in [4.78, 5) is 16.1. The minimum absolute atomic E-state index is 0.226. The summed E-state index contributed by atoms with van der Waals surface area (Å²) in [5.41, 5.74) is 6.00. The Morgan fingerprint density at radius 2 is 2.04 bits per heavy atom. The minimum Gasteiger partial charge on any atom is -0.459 e. The van der Waals surface area contributed by atoms with Crippen molar-refractivity contribution in [3.8, 4) is 0 Å². The second-order valence-electron chi connectivity index (χ2n) is 6.93. The summed E-state index contributed by atoms with van der Waals surface area (Å²) in [6, 6.07) is 11.9. The van der Waals surface area contributed by atoms with Gasteiger partial charge in [0.05, 0.1) is 11.3 Å². The van der Waals surface area contributed by atoms with Gasteiger partial charge in [0, 0.05) is 0 Å². The number of carbonyl (C=O) groups is 1. The summed E-state index contributed by atoms with van der Waals surface area (Å²) in [6.45, 7) is 1.36. The lowest BCUT2D eigenvalue weighted by Crippen LogP contribution is -2.44. The van der Waals surface area contributed by atoms with E-state index in [-0.39, 0.29) is 12.4 Å². The van der Waals surface area contributed by atoms with Crippen molar-refractivity contribution in [3.63, 3.8) is 0 Å². The number of aliphatic hydroxyl groups is 2. The predicted octanol–water partition coefficient (Wildman–Crippen LogP) is 0.720. The number of nitrogen functional groups attached to an aromatic ring is 1. The van der Waals surface area contributed by atoms with Crippen molar-refractivity contribution in [1.82, 2.24) is 14.6 Å². The number of nitrogens with two attached hydrogens (primary N) is 1. The lowest BCUT2D eigenvalue weighted by Gasteiger charge is -2.27. The third-order valence-electron chi connectivity index (χ3n) is 4.96. The number of carbonyl (C=O) groups excluding carboxylic acids is 1. The van der Waals surface area contributed by atoms with Crippen LogP contribution in [0.4, 0.5) is 5.82 Å². The van der Waals surface area contributed by atoms with Crippen molar-refractivity contribution in [2.45, 2.75) is 30.8 Å². The number of nitrogens with zero attached hydrogens (tertiary/aromatic N) is 3. The van der Waals surface area contributed by atoms with E-state index in [0.29, 0.717) is 16.8 Å². The number of fused-ring (bicyclic) bond motifs is 1. The van der Waals surface area contributed by atoms with Gasteiger partial charge < -0.3 is 25.4 Å². The zero-order valence-electron chi connectivity index (χ0n) is 15.1. The van der Waals surface area contributed by atoms with Crippen LogP contribution in [0.5, 0.6) is 0 Å². The SMILES string of the molecule is C[C@]1(COC(=O)c2ccccc2)O[C@@H](c2ccc3c(N)ncnn23)[C@H](O)[C@@H]1O. The number of ether oxygens (including phenoxy) is 2. The zero-order valence-corrected chi connectivity index (χ0v) is 15.1. The van der Waals surface area contributed by atoms with Gasteiger partial charge in [-0.1, -0.05) is 18.2 Å². The van der Waals surface area contributed by atoms with Crippen LogP contribution in [0, 0.1) is 0 Å². The molecule has 0 aliphatic carbocycles. The predicted molar refractivity (Wildman–Crippen MR) is 98.4 cm³/mol. The average Bonchev–Trinajstić information content (AvgIpc) is 3.23. The average molecular weight is 384 g/mol. The molecule has 4 rings (SSSR count). The molecule has 4 N–H and O–H groups in total. The molecule has 3 heterocycles. The molecule has 9 heteroatoms. The number of rotatable bonds is 4. The van der Waals surface area contributed by atoms with Crippen molar-refractivity contribution in [2.75, 3.05) is 12.3 Å². The Morgan fingerprint density at radius 3 is 2.79 bits per heavy atom. The smallest absolute Gasteiger partial charge is 0.338 e. The molecule has 0 radical (unpaired) electrons. The molecule has 9 nitrogen and oxygen atoms in total. The number of esters is 1. The monoisotopic (exact) mass is 384 g/mol. The molecule has 1 fully saturated rings. The van der Waals surface area contributed by atoms with Crippen molar-refractivity contribution in [1.29, 1.82) is 0 Å². The molecule has 0 saturated carbocycles. The van der Waals surface area contributed by atoms with Gasteiger partial charge >= 0.3 is 5.97 Å². The molecule has 0 unspecified atom stereocenters. The molecule has 146 valence electrons. The van der Waals surface area contributed by atoms with Gasteiger partial charge in [-0.2, -0.15) is 5.10 Å². The van der Waals surface area contributed by atoms with Crippen LogP contribution in [-0.4, -0.2) is 55.2 Å². The summed E-state index contributed by atoms with van der Waals surface area (Å²) in [5.74, 6) is -0.252. The fourth-order valence-corrected chi connectivity index (χ4v) is 3.37. The Labute approximate surface area is 160 Å². The van der Waals surface area contributed by atoms with E-state index in [1.54, 1.807) is 49.4 Å². The summed E-state index contributed by atoms with van der Waals surface area (Å²) < 4.78 is 12.8. The van der Waals surface area contributed by atoms with E-state index < -0.39 is 29.9 Å². The van der Waals surface area contributed by atoms with Crippen LogP contribution in [0.3, 0.4) is 0 Å². The van der Waals surface area contributed by atoms with E-state index >= 15 is 0 Å². The molecule has 1 saturated heterocycles. The largest absolute Gasteiger partial charge is 0.459 e. The molecule has 3 aromatic rings. The van der Waals surface area contributed by atoms with E-state index in [0.717, 1.165) is 0 Å². The highest BCUT2D eigenvalue weighted by Gasteiger charge is 2.53. The van der Waals surface area contributed by atoms with Gasteiger partial charge in [-0.15, -0.1) is 0 Å². The number of hydrogen-bond acceptors (Lipinski definition) is 8. The highest BCUT2D eigenvalue weighted by Crippen LogP contribution is 2.40. The molecule has 0 bridgehead atoms. The Kier molecular flexibility index (Phi) is 4.50. The van der Waals surface area contributed by atoms with Gasteiger partial charge in [0.25, 0.3) is 0 Å². The fourth-order valence-electron chi connectivity index (χ4n) is 3.37. The Bertz CT molecular complexity index is 1010. The second kappa shape index (κ2) is 6.86. The highest BCUT2D eigenvalue weighted by atomic mass is 16.6. The van der Waals surface area contributed by atoms with Crippen LogP contribution < -0.4 is 5.73 Å². The van der Waals surface area contributed by atoms with Gasteiger partial charge in [0.1, 0.15) is 42.4 Å². The maximum Gasteiger partial charge on any atom is 0.338 e. The number of hydrogen-bond donors (Lipinski definition) is 3.